The zero-order chi connectivity index (χ0) is 12.4. The molecule has 1 aromatic carbocycles. The van der Waals surface area contributed by atoms with Crippen molar-refractivity contribution in [2.24, 2.45) is 0 Å². The Morgan fingerprint density at radius 2 is 2.06 bits per heavy atom. The van der Waals surface area contributed by atoms with Gasteiger partial charge in [0.15, 0.2) is 5.78 Å². The lowest BCUT2D eigenvalue weighted by atomic mass is 10.1. The van der Waals surface area contributed by atoms with Crippen molar-refractivity contribution in [3.05, 3.63) is 57.8 Å². The van der Waals surface area contributed by atoms with Crippen molar-refractivity contribution < 1.29 is 4.79 Å². The molecule has 2 aromatic rings. The van der Waals surface area contributed by atoms with Gasteiger partial charge in [-0.25, -0.2) is 0 Å². The fourth-order valence-electron chi connectivity index (χ4n) is 2.36. The molecular weight excluding hydrogens is 242 g/mol. The minimum atomic E-state index is 0.217. The molecule has 0 N–H and O–H groups in total. The highest BCUT2D eigenvalue weighted by molar-refractivity contribution is 7.10. The number of hydrogen-bond donors (Lipinski definition) is 0. The summed E-state index contributed by atoms with van der Waals surface area (Å²) in [5, 5.41) is 2.15. The lowest BCUT2D eigenvalue weighted by Crippen LogP contribution is -2.34. The molecule has 3 rings (SSSR count). The van der Waals surface area contributed by atoms with E-state index >= 15 is 0 Å². The van der Waals surface area contributed by atoms with Crippen LogP contribution in [0, 0.1) is 0 Å². The van der Waals surface area contributed by atoms with Crippen LogP contribution in [0.15, 0.2) is 41.8 Å². The van der Waals surface area contributed by atoms with Crippen LogP contribution >= 0.6 is 11.3 Å². The van der Waals surface area contributed by atoms with Crippen LogP contribution in [0.3, 0.4) is 0 Å². The Balaban J connectivity index is 1.67. The topological polar surface area (TPSA) is 20.3 Å². The summed E-state index contributed by atoms with van der Waals surface area (Å²) >= 11 is 1.83. The molecule has 1 aliphatic heterocycles. The fraction of sp³-hybridized carbons (Fsp3) is 0.267. The highest BCUT2D eigenvalue weighted by atomic mass is 32.1. The number of carbonyl (C=O) groups is 1. The summed E-state index contributed by atoms with van der Waals surface area (Å²) in [7, 11) is 0. The van der Waals surface area contributed by atoms with Crippen molar-refractivity contribution in [2.45, 2.75) is 13.0 Å². The van der Waals surface area contributed by atoms with Gasteiger partial charge in [0.2, 0.25) is 0 Å². The number of thiophene rings is 1. The summed E-state index contributed by atoms with van der Waals surface area (Å²) in [6, 6.07) is 11.7. The third-order valence-corrected chi connectivity index (χ3v) is 4.37. The van der Waals surface area contributed by atoms with E-state index in [-0.39, 0.29) is 5.78 Å². The van der Waals surface area contributed by atoms with Crippen LogP contribution in [0.4, 0.5) is 0 Å². The number of Topliss-reactive ketones (excluding diaryl/α,β-unsaturated/α-hetero) is 1. The number of carbonyl (C=O) groups excluding carboxylic acids is 1. The van der Waals surface area contributed by atoms with E-state index in [9.17, 15) is 4.79 Å². The van der Waals surface area contributed by atoms with E-state index in [1.807, 2.05) is 41.7 Å². The molecule has 0 amide bonds. The van der Waals surface area contributed by atoms with E-state index in [2.05, 4.69) is 16.3 Å². The maximum atomic E-state index is 12.1. The van der Waals surface area contributed by atoms with Gasteiger partial charge in [-0.2, -0.15) is 0 Å². The molecule has 0 saturated carbocycles. The molecule has 92 valence electrons. The van der Waals surface area contributed by atoms with Gasteiger partial charge in [-0.05, 0) is 23.4 Å². The second-order valence-corrected chi connectivity index (χ2v) is 5.62. The Morgan fingerprint density at radius 1 is 1.22 bits per heavy atom. The van der Waals surface area contributed by atoms with Crippen molar-refractivity contribution in [1.82, 2.24) is 4.90 Å². The Hall–Kier alpha value is -1.45. The number of hydrogen-bond acceptors (Lipinski definition) is 3. The summed E-state index contributed by atoms with van der Waals surface area (Å²) < 4.78 is 0. The molecule has 18 heavy (non-hydrogen) atoms. The van der Waals surface area contributed by atoms with Gasteiger partial charge < -0.3 is 0 Å². The van der Waals surface area contributed by atoms with Gasteiger partial charge in [0, 0.05) is 23.5 Å². The van der Waals surface area contributed by atoms with Crippen LogP contribution in [0.5, 0.6) is 0 Å². The Labute approximate surface area is 111 Å². The molecule has 0 aliphatic carbocycles. The Bertz CT molecular complexity index is 547. The van der Waals surface area contributed by atoms with Gasteiger partial charge in [0.25, 0.3) is 0 Å². The van der Waals surface area contributed by atoms with Gasteiger partial charge in [-0.3, -0.25) is 9.69 Å². The second kappa shape index (κ2) is 5.04. The molecule has 1 aliphatic rings. The molecule has 3 heteroatoms. The van der Waals surface area contributed by atoms with Crippen LogP contribution in [0.1, 0.15) is 20.8 Å². The fourth-order valence-corrected chi connectivity index (χ4v) is 3.25. The summed E-state index contributed by atoms with van der Waals surface area (Å²) in [5.74, 6) is 0.217. The third kappa shape index (κ3) is 2.37. The Kier molecular flexibility index (Phi) is 3.26. The molecule has 0 spiro atoms. The van der Waals surface area contributed by atoms with Gasteiger partial charge in [-0.1, -0.05) is 30.3 Å². The molecule has 2 heterocycles. The summed E-state index contributed by atoms with van der Waals surface area (Å²) in [5.41, 5.74) is 2.21. The predicted molar refractivity (Wildman–Crippen MR) is 74.1 cm³/mol. The zero-order valence-electron chi connectivity index (χ0n) is 10.1. The average molecular weight is 257 g/mol. The molecule has 0 atom stereocenters. The van der Waals surface area contributed by atoms with Crippen LogP contribution < -0.4 is 0 Å². The van der Waals surface area contributed by atoms with E-state index in [0.29, 0.717) is 6.54 Å². The SMILES string of the molecule is O=C(CN1CCc2sccc2C1)c1ccccc1. The lowest BCUT2D eigenvalue weighted by Gasteiger charge is -2.26. The maximum absolute atomic E-state index is 12.1. The van der Waals surface area contributed by atoms with E-state index in [0.717, 1.165) is 25.1 Å². The first-order valence-corrected chi connectivity index (χ1v) is 7.07. The van der Waals surface area contributed by atoms with Crippen molar-refractivity contribution in [2.75, 3.05) is 13.1 Å². The van der Waals surface area contributed by atoms with Gasteiger partial charge in [0.1, 0.15) is 0 Å². The first kappa shape index (κ1) is 11.6. The number of nitrogens with zero attached hydrogens (tertiary/aromatic N) is 1. The second-order valence-electron chi connectivity index (χ2n) is 4.62. The smallest absolute Gasteiger partial charge is 0.176 e. The lowest BCUT2D eigenvalue weighted by molar-refractivity contribution is 0.0922. The molecule has 0 unspecified atom stereocenters. The first-order chi connectivity index (χ1) is 8.83. The van der Waals surface area contributed by atoms with Crippen LogP contribution in [-0.2, 0) is 13.0 Å². The Morgan fingerprint density at radius 3 is 2.89 bits per heavy atom. The standard InChI is InChI=1S/C15H15NOS/c17-14(12-4-2-1-3-5-12)11-16-8-6-15-13(10-16)7-9-18-15/h1-5,7,9H,6,8,10-11H2. The largest absolute Gasteiger partial charge is 0.293 e. The van der Waals surface area contributed by atoms with Crippen molar-refractivity contribution >= 4 is 17.1 Å². The minimum absolute atomic E-state index is 0.217. The van der Waals surface area contributed by atoms with E-state index in [1.165, 1.54) is 10.4 Å². The zero-order valence-corrected chi connectivity index (χ0v) is 11.0. The van der Waals surface area contributed by atoms with E-state index in [1.54, 1.807) is 0 Å². The number of rotatable bonds is 3. The van der Waals surface area contributed by atoms with Crippen LogP contribution in [-0.4, -0.2) is 23.8 Å². The molecule has 0 bridgehead atoms. The quantitative estimate of drug-likeness (QED) is 0.788. The summed E-state index contributed by atoms with van der Waals surface area (Å²) in [4.78, 5) is 15.8. The molecular formula is C15H15NOS. The highest BCUT2D eigenvalue weighted by Gasteiger charge is 2.19. The number of benzene rings is 1. The minimum Gasteiger partial charge on any atom is -0.293 e. The highest BCUT2D eigenvalue weighted by Crippen LogP contribution is 2.23. The van der Waals surface area contributed by atoms with Crippen LogP contribution in [0.2, 0.25) is 0 Å². The summed E-state index contributed by atoms with van der Waals surface area (Å²) in [6.45, 7) is 2.43. The third-order valence-electron chi connectivity index (χ3n) is 3.35. The van der Waals surface area contributed by atoms with Gasteiger partial charge in [0.05, 0.1) is 6.54 Å². The molecule has 0 radical (unpaired) electrons. The van der Waals surface area contributed by atoms with E-state index < -0.39 is 0 Å². The summed E-state index contributed by atoms with van der Waals surface area (Å²) in [6.07, 6.45) is 1.08. The molecule has 1 aromatic heterocycles. The van der Waals surface area contributed by atoms with Gasteiger partial charge in [-0.15, -0.1) is 11.3 Å². The van der Waals surface area contributed by atoms with Crippen LogP contribution in [0.25, 0.3) is 0 Å². The molecule has 0 fully saturated rings. The maximum Gasteiger partial charge on any atom is 0.176 e. The predicted octanol–water partition coefficient (Wildman–Crippen LogP) is 2.99. The van der Waals surface area contributed by atoms with E-state index in [4.69, 9.17) is 0 Å². The molecule has 2 nitrogen and oxygen atoms in total. The number of fused-ring (bicyclic) bond motifs is 1. The van der Waals surface area contributed by atoms with Crippen molar-refractivity contribution in [3.8, 4) is 0 Å². The monoisotopic (exact) mass is 257 g/mol. The normalized spacial score (nSPS) is 15.3. The molecule has 0 saturated heterocycles. The van der Waals surface area contributed by atoms with Crippen molar-refractivity contribution in [1.29, 1.82) is 0 Å². The first-order valence-electron chi connectivity index (χ1n) is 6.19. The number of ketones is 1. The van der Waals surface area contributed by atoms with Gasteiger partial charge >= 0.3 is 0 Å². The van der Waals surface area contributed by atoms with Crippen molar-refractivity contribution in [3.63, 3.8) is 0 Å². The average Bonchev–Trinajstić information content (AvgIpc) is 2.87.